The number of hydrogen-bond donors (Lipinski definition) is 3. The fraction of sp³-hybridized carbons (Fsp3) is 0. The minimum absolute atomic E-state index is 0.144. The predicted molar refractivity (Wildman–Crippen MR) is 90.1 cm³/mol. The molecule has 8 nitrogen and oxygen atoms in total. The fourth-order valence-corrected chi connectivity index (χ4v) is 2.45. The van der Waals surface area contributed by atoms with Crippen molar-refractivity contribution in [2.45, 2.75) is 0 Å². The molecule has 9 heteroatoms. The van der Waals surface area contributed by atoms with Crippen LogP contribution in [0.3, 0.4) is 0 Å². The van der Waals surface area contributed by atoms with E-state index in [2.05, 4.69) is 31.3 Å². The zero-order chi connectivity index (χ0) is 16.8. The number of nitriles is 1. The average Bonchev–Trinajstić information content (AvgIpc) is 3.31. The second kappa shape index (κ2) is 7.17. The number of anilines is 2. The Bertz CT molecular complexity index is 877. The van der Waals surface area contributed by atoms with Gasteiger partial charge in [0, 0.05) is 17.6 Å². The number of carbonyl (C=O) groups excluding carboxylic acids is 1. The smallest absolute Gasteiger partial charge is 0.265 e. The van der Waals surface area contributed by atoms with E-state index in [1.165, 1.54) is 17.5 Å². The molecule has 118 valence electrons. The van der Waals surface area contributed by atoms with Gasteiger partial charge in [0.15, 0.2) is 0 Å². The molecular formula is C15H11N7OS. The van der Waals surface area contributed by atoms with E-state index < -0.39 is 0 Å². The number of H-pyrrole nitrogens is 1. The van der Waals surface area contributed by atoms with Crippen LogP contribution in [0.4, 0.5) is 11.4 Å². The van der Waals surface area contributed by atoms with Gasteiger partial charge in [0.05, 0.1) is 4.88 Å². The molecule has 0 saturated carbocycles. The number of allylic oxidation sites excluding steroid dienone is 1. The molecule has 1 amide bonds. The molecule has 0 aliphatic rings. The molecular weight excluding hydrogens is 326 g/mol. The van der Waals surface area contributed by atoms with Gasteiger partial charge in [-0.1, -0.05) is 6.07 Å². The highest BCUT2D eigenvalue weighted by Crippen LogP contribution is 2.17. The number of benzene rings is 1. The Labute approximate surface area is 140 Å². The van der Waals surface area contributed by atoms with Gasteiger partial charge in [-0.05, 0) is 40.9 Å². The van der Waals surface area contributed by atoms with Crippen molar-refractivity contribution in [1.82, 2.24) is 20.6 Å². The van der Waals surface area contributed by atoms with Gasteiger partial charge in [-0.3, -0.25) is 4.79 Å². The van der Waals surface area contributed by atoms with Crippen molar-refractivity contribution in [2.75, 3.05) is 10.6 Å². The molecule has 0 saturated heterocycles. The predicted octanol–water partition coefficient (Wildman–Crippen LogP) is 2.49. The van der Waals surface area contributed by atoms with E-state index in [-0.39, 0.29) is 17.3 Å². The number of nitrogens with zero attached hydrogens (tertiary/aromatic N) is 4. The molecule has 2 heterocycles. The number of rotatable bonds is 5. The van der Waals surface area contributed by atoms with Crippen molar-refractivity contribution in [2.24, 2.45) is 0 Å². The highest BCUT2D eigenvalue weighted by molar-refractivity contribution is 7.12. The Morgan fingerprint density at radius 3 is 2.67 bits per heavy atom. The number of thiophene rings is 1. The Hall–Kier alpha value is -3.51. The van der Waals surface area contributed by atoms with Crippen LogP contribution in [0, 0.1) is 11.3 Å². The lowest BCUT2D eigenvalue weighted by Crippen LogP contribution is -2.09. The van der Waals surface area contributed by atoms with E-state index in [4.69, 9.17) is 5.26 Å². The normalized spacial score (nSPS) is 10.9. The van der Waals surface area contributed by atoms with Crippen LogP contribution >= 0.6 is 11.3 Å². The maximum Gasteiger partial charge on any atom is 0.265 e. The van der Waals surface area contributed by atoms with Crippen LogP contribution in [0.15, 0.2) is 48.0 Å². The molecule has 3 N–H and O–H groups in total. The number of aromatic amines is 1. The minimum Gasteiger partial charge on any atom is -0.360 e. The van der Waals surface area contributed by atoms with E-state index in [1.54, 1.807) is 30.3 Å². The summed E-state index contributed by atoms with van der Waals surface area (Å²) in [6.07, 6.45) is 1.49. The number of tetrazole rings is 1. The summed E-state index contributed by atoms with van der Waals surface area (Å²) in [6.45, 7) is 0. The first-order valence-electron chi connectivity index (χ1n) is 6.82. The first-order chi connectivity index (χ1) is 11.8. The molecule has 0 unspecified atom stereocenters. The number of aromatic nitrogens is 4. The molecule has 0 atom stereocenters. The molecule has 2 aromatic heterocycles. The summed E-state index contributed by atoms with van der Waals surface area (Å²) in [4.78, 5) is 12.6. The van der Waals surface area contributed by atoms with E-state index in [0.717, 1.165) is 5.69 Å². The first kappa shape index (κ1) is 15.4. The van der Waals surface area contributed by atoms with Gasteiger partial charge in [-0.2, -0.15) is 10.5 Å². The molecule has 3 rings (SSSR count). The number of hydrogen-bond acceptors (Lipinski definition) is 7. The maximum absolute atomic E-state index is 12.0. The average molecular weight is 337 g/mol. The number of nitrogens with one attached hydrogen (secondary N) is 3. The number of amides is 1. The third-order valence-corrected chi connectivity index (χ3v) is 3.85. The SMILES string of the molecule is N#CC(=CNc1ccc(NC(=O)c2cccs2)cc1)c1nn[nH]n1. The van der Waals surface area contributed by atoms with Gasteiger partial charge in [0.2, 0.25) is 5.82 Å². The monoisotopic (exact) mass is 337 g/mol. The summed E-state index contributed by atoms with van der Waals surface area (Å²) >= 11 is 1.38. The van der Waals surface area contributed by atoms with Crippen LogP contribution in [-0.2, 0) is 0 Å². The fourth-order valence-electron chi connectivity index (χ4n) is 1.83. The van der Waals surface area contributed by atoms with Crippen molar-refractivity contribution in [3.05, 3.63) is 58.7 Å². The van der Waals surface area contributed by atoms with Crippen molar-refractivity contribution < 1.29 is 4.79 Å². The molecule has 0 radical (unpaired) electrons. The minimum atomic E-state index is -0.144. The van der Waals surface area contributed by atoms with Gasteiger partial charge in [-0.25, -0.2) is 0 Å². The Morgan fingerprint density at radius 1 is 1.25 bits per heavy atom. The Kier molecular flexibility index (Phi) is 4.60. The highest BCUT2D eigenvalue weighted by atomic mass is 32.1. The lowest BCUT2D eigenvalue weighted by Gasteiger charge is -2.05. The number of carbonyl (C=O) groups is 1. The lowest BCUT2D eigenvalue weighted by molar-refractivity contribution is 0.103. The summed E-state index contributed by atoms with van der Waals surface area (Å²) in [7, 11) is 0. The van der Waals surface area contributed by atoms with Crippen molar-refractivity contribution >= 4 is 34.2 Å². The lowest BCUT2D eigenvalue weighted by atomic mass is 10.2. The quantitative estimate of drug-likeness (QED) is 0.615. The third kappa shape index (κ3) is 3.63. The summed E-state index contributed by atoms with van der Waals surface area (Å²) < 4.78 is 0. The molecule has 0 aliphatic carbocycles. The third-order valence-electron chi connectivity index (χ3n) is 2.98. The standard InChI is InChI=1S/C15H11N7OS/c16-8-10(14-19-21-22-20-14)9-17-11-3-5-12(6-4-11)18-15(23)13-2-1-7-24-13/h1-7,9,17H,(H,18,23)(H,19,20,21,22). The summed E-state index contributed by atoms with van der Waals surface area (Å²) in [5, 5.41) is 29.9. The second-order valence-corrected chi connectivity index (χ2v) is 5.51. The van der Waals surface area contributed by atoms with Crippen LogP contribution in [-0.4, -0.2) is 26.5 Å². The molecule has 0 spiro atoms. The van der Waals surface area contributed by atoms with Gasteiger partial charge in [-0.15, -0.1) is 21.5 Å². The van der Waals surface area contributed by atoms with Crippen LogP contribution in [0.1, 0.15) is 15.5 Å². The summed E-state index contributed by atoms with van der Waals surface area (Å²) in [6, 6.07) is 12.7. The van der Waals surface area contributed by atoms with E-state index in [0.29, 0.717) is 10.6 Å². The van der Waals surface area contributed by atoms with Crippen molar-refractivity contribution in [3.63, 3.8) is 0 Å². The van der Waals surface area contributed by atoms with Gasteiger partial charge in [0.1, 0.15) is 11.6 Å². The second-order valence-electron chi connectivity index (χ2n) is 4.56. The van der Waals surface area contributed by atoms with Crippen molar-refractivity contribution in [1.29, 1.82) is 5.26 Å². The van der Waals surface area contributed by atoms with Crippen LogP contribution in [0.5, 0.6) is 0 Å². The zero-order valence-electron chi connectivity index (χ0n) is 12.2. The largest absolute Gasteiger partial charge is 0.360 e. The first-order valence-corrected chi connectivity index (χ1v) is 7.70. The van der Waals surface area contributed by atoms with Crippen LogP contribution < -0.4 is 10.6 Å². The van der Waals surface area contributed by atoms with Gasteiger partial charge >= 0.3 is 0 Å². The van der Waals surface area contributed by atoms with Crippen molar-refractivity contribution in [3.8, 4) is 6.07 Å². The maximum atomic E-state index is 12.0. The van der Waals surface area contributed by atoms with E-state index in [1.807, 2.05) is 17.5 Å². The topological polar surface area (TPSA) is 119 Å². The van der Waals surface area contributed by atoms with Crippen LogP contribution in [0.25, 0.3) is 5.57 Å². The Morgan fingerprint density at radius 2 is 2.04 bits per heavy atom. The molecule has 3 aromatic rings. The molecule has 24 heavy (non-hydrogen) atoms. The van der Waals surface area contributed by atoms with Gasteiger partial charge < -0.3 is 10.6 Å². The Balaban J connectivity index is 1.64. The zero-order valence-corrected chi connectivity index (χ0v) is 13.0. The highest BCUT2D eigenvalue weighted by Gasteiger charge is 2.07. The molecule has 1 aromatic carbocycles. The summed E-state index contributed by atoms with van der Waals surface area (Å²) in [5.41, 5.74) is 1.68. The molecule has 0 aliphatic heterocycles. The van der Waals surface area contributed by atoms with Gasteiger partial charge in [0.25, 0.3) is 5.91 Å². The van der Waals surface area contributed by atoms with E-state index in [9.17, 15) is 4.79 Å². The molecule has 0 bridgehead atoms. The van der Waals surface area contributed by atoms with E-state index >= 15 is 0 Å². The summed E-state index contributed by atoms with van der Waals surface area (Å²) in [5.74, 6) is 0.0688. The van der Waals surface area contributed by atoms with Crippen LogP contribution in [0.2, 0.25) is 0 Å². The molecule has 0 fully saturated rings.